The Kier molecular flexibility index (Phi) is 7.31. The first-order valence-corrected chi connectivity index (χ1v) is 9.80. The van der Waals surface area contributed by atoms with E-state index in [0.717, 1.165) is 0 Å². The summed E-state index contributed by atoms with van der Waals surface area (Å²) in [5.41, 5.74) is 0. The van der Waals surface area contributed by atoms with Crippen molar-refractivity contribution in [2.75, 3.05) is 38.5 Å². The molecule has 1 heterocycles. The molecule has 134 valence electrons. The highest BCUT2D eigenvalue weighted by atomic mass is 32.2. The molecule has 0 radical (unpaired) electrons. The third-order valence-electron chi connectivity index (χ3n) is 3.78. The molecule has 0 unspecified atom stereocenters. The molecule has 1 rings (SSSR count). The fourth-order valence-electron chi connectivity index (χ4n) is 2.39. The van der Waals surface area contributed by atoms with Crippen molar-refractivity contribution in [1.82, 2.24) is 10.2 Å². The van der Waals surface area contributed by atoms with Crippen molar-refractivity contribution in [3.05, 3.63) is 0 Å². The third kappa shape index (κ3) is 5.67. The lowest BCUT2D eigenvalue weighted by Gasteiger charge is -2.39. The number of aliphatic imine (C=N–C) groups is 1. The van der Waals surface area contributed by atoms with Crippen LogP contribution < -0.4 is 5.32 Å². The number of sulfone groups is 1. The molecule has 0 saturated carbocycles. The number of hydrogen-bond acceptors (Lipinski definition) is 5. The van der Waals surface area contributed by atoms with Gasteiger partial charge < -0.3 is 15.0 Å². The number of hydrogen-bond donors (Lipinski definition) is 1. The molecule has 0 aromatic heterocycles. The lowest BCUT2D eigenvalue weighted by Crippen LogP contribution is -2.57. The molecule has 0 atom stereocenters. The van der Waals surface area contributed by atoms with E-state index in [4.69, 9.17) is 4.74 Å². The Morgan fingerprint density at radius 2 is 2.04 bits per heavy atom. The van der Waals surface area contributed by atoms with E-state index in [1.165, 1.54) is 0 Å². The fraction of sp³-hybridized carbons (Fsp3) is 0.867. The maximum Gasteiger partial charge on any atom is 0.305 e. The quantitative estimate of drug-likeness (QED) is 0.331. The summed E-state index contributed by atoms with van der Waals surface area (Å²) in [7, 11) is -3.07. The van der Waals surface area contributed by atoms with E-state index < -0.39 is 14.6 Å². The molecule has 1 aliphatic heterocycles. The van der Waals surface area contributed by atoms with Crippen LogP contribution in [-0.4, -0.2) is 68.5 Å². The van der Waals surface area contributed by atoms with E-state index in [2.05, 4.69) is 10.3 Å². The van der Waals surface area contributed by atoms with Gasteiger partial charge in [0.1, 0.15) is 0 Å². The van der Waals surface area contributed by atoms with Gasteiger partial charge in [-0.15, -0.1) is 0 Å². The standard InChI is InChI=1S/C15H29N3O4S/c1-5-16-14(17-9-7-8-13(19)22-6-2)18-10-11-23(20,21)15(3,4)12-18/h5-12H2,1-4H3,(H,16,17). The highest BCUT2D eigenvalue weighted by molar-refractivity contribution is 7.92. The zero-order chi connectivity index (χ0) is 17.5. The minimum Gasteiger partial charge on any atom is -0.466 e. The Labute approximate surface area is 139 Å². The summed E-state index contributed by atoms with van der Waals surface area (Å²) >= 11 is 0. The van der Waals surface area contributed by atoms with Crippen LogP contribution in [0.2, 0.25) is 0 Å². The average Bonchev–Trinajstić information content (AvgIpc) is 2.45. The average molecular weight is 347 g/mol. The molecule has 0 bridgehead atoms. The van der Waals surface area contributed by atoms with Gasteiger partial charge in [-0.25, -0.2) is 8.42 Å². The minimum atomic E-state index is -3.07. The van der Waals surface area contributed by atoms with Crippen LogP contribution in [0.1, 0.15) is 40.5 Å². The lowest BCUT2D eigenvalue weighted by molar-refractivity contribution is -0.143. The Morgan fingerprint density at radius 1 is 1.35 bits per heavy atom. The predicted molar refractivity (Wildman–Crippen MR) is 91.3 cm³/mol. The molecule has 0 amide bonds. The normalized spacial score (nSPS) is 20.2. The van der Waals surface area contributed by atoms with Crippen LogP contribution in [-0.2, 0) is 19.4 Å². The van der Waals surface area contributed by atoms with Gasteiger partial charge in [0.15, 0.2) is 15.8 Å². The smallest absolute Gasteiger partial charge is 0.305 e. The van der Waals surface area contributed by atoms with Crippen LogP contribution in [0.3, 0.4) is 0 Å². The van der Waals surface area contributed by atoms with Crippen LogP contribution >= 0.6 is 0 Å². The van der Waals surface area contributed by atoms with E-state index in [-0.39, 0.29) is 11.7 Å². The van der Waals surface area contributed by atoms with Crippen molar-refractivity contribution in [2.45, 2.75) is 45.3 Å². The van der Waals surface area contributed by atoms with Gasteiger partial charge in [-0.1, -0.05) is 0 Å². The minimum absolute atomic E-state index is 0.132. The van der Waals surface area contributed by atoms with Gasteiger partial charge >= 0.3 is 5.97 Å². The Bertz CT molecular complexity index is 529. The molecule has 0 aromatic rings. The zero-order valence-corrected chi connectivity index (χ0v) is 15.4. The number of carbonyl (C=O) groups is 1. The van der Waals surface area contributed by atoms with E-state index >= 15 is 0 Å². The first-order chi connectivity index (χ1) is 10.7. The lowest BCUT2D eigenvalue weighted by atomic mass is 10.2. The SMILES string of the molecule is CCNC(=NCCCC(=O)OCC)N1CCS(=O)(=O)C(C)(C)C1. The molecule has 8 heteroatoms. The third-order valence-corrected chi connectivity index (χ3v) is 6.32. The molecule has 23 heavy (non-hydrogen) atoms. The Balaban J connectivity index is 2.64. The van der Waals surface area contributed by atoms with Gasteiger partial charge in [0.25, 0.3) is 0 Å². The molecular weight excluding hydrogens is 318 g/mol. The number of esters is 1. The van der Waals surface area contributed by atoms with Gasteiger partial charge in [0.2, 0.25) is 0 Å². The number of nitrogens with zero attached hydrogens (tertiary/aromatic N) is 2. The number of nitrogens with one attached hydrogen (secondary N) is 1. The van der Waals surface area contributed by atoms with Gasteiger partial charge in [-0.05, 0) is 34.1 Å². The van der Waals surface area contributed by atoms with Gasteiger partial charge in [0.05, 0.1) is 17.1 Å². The van der Waals surface area contributed by atoms with Gasteiger partial charge in [-0.2, -0.15) is 0 Å². The fourth-order valence-corrected chi connectivity index (χ4v) is 3.76. The molecule has 0 aromatic carbocycles. The van der Waals surface area contributed by atoms with Crippen molar-refractivity contribution < 1.29 is 17.9 Å². The number of guanidine groups is 1. The maximum absolute atomic E-state index is 12.1. The molecule has 1 N–H and O–H groups in total. The molecule has 0 aliphatic carbocycles. The second kappa shape index (κ2) is 8.52. The molecular formula is C15H29N3O4S. The van der Waals surface area contributed by atoms with Gasteiger partial charge in [0, 0.05) is 32.6 Å². The first kappa shape index (κ1) is 19.7. The second-order valence-electron chi connectivity index (χ2n) is 6.14. The van der Waals surface area contributed by atoms with Crippen molar-refractivity contribution in [3.8, 4) is 0 Å². The highest BCUT2D eigenvalue weighted by Gasteiger charge is 2.40. The topological polar surface area (TPSA) is 88.1 Å². The summed E-state index contributed by atoms with van der Waals surface area (Å²) in [4.78, 5) is 17.8. The monoisotopic (exact) mass is 347 g/mol. The molecule has 1 fully saturated rings. The zero-order valence-electron chi connectivity index (χ0n) is 14.6. The predicted octanol–water partition coefficient (Wildman–Crippen LogP) is 0.804. The molecule has 1 aliphatic rings. The van der Waals surface area contributed by atoms with Crippen molar-refractivity contribution in [3.63, 3.8) is 0 Å². The van der Waals surface area contributed by atoms with Crippen LogP contribution in [0.25, 0.3) is 0 Å². The van der Waals surface area contributed by atoms with Crippen LogP contribution in [0, 0.1) is 0 Å². The van der Waals surface area contributed by atoms with Crippen LogP contribution in [0.5, 0.6) is 0 Å². The van der Waals surface area contributed by atoms with E-state index in [0.29, 0.717) is 51.6 Å². The van der Waals surface area contributed by atoms with E-state index in [9.17, 15) is 13.2 Å². The first-order valence-electron chi connectivity index (χ1n) is 8.14. The highest BCUT2D eigenvalue weighted by Crippen LogP contribution is 2.23. The number of rotatable bonds is 6. The van der Waals surface area contributed by atoms with E-state index in [1.807, 2.05) is 11.8 Å². The van der Waals surface area contributed by atoms with E-state index in [1.54, 1.807) is 20.8 Å². The van der Waals surface area contributed by atoms with Crippen molar-refractivity contribution >= 4 is 21.8 Å². The Morgan fingerprint density at radius 3 is 2.61 bits per heavy atom. The molecule has 7 nitrogen and oxygen atoms in total. The summed E-state index contributed by atoms with van der Waals surface area (Å²) in [5.74, 6) is 0.630. The van der Waals surface area contributed by atoms with Crippen LogP contribution in [0.15, 0.2) is 4.99 Å². The second-order valence-corrected chi connectivity index (χ2v) is 8.89. The maximum atomic E-state index is 12.1. The summed E-state index contributed by atoms with van der Waals surface area (Å²) in [5, 5.41) is 3.20. The number of carbonyl (C=O) groups excluding carboxylic acids is 1. The largest absolute Gasteiger partial charge is 0.466 e. The van der Waals surface area contributed by atoms with Crippen molar-refractivity contribution in [1.29, 1.82) is 0 Å². The number of ether oxygens (including phenoxy) is 1. The summed E-state index contributed by atoms with van der Waals surface area (Å²) in [6.07, 6.45) is 0.958. The van der Waals surface area contributed by atoms with Gasteiger partial charge in [-0.3, -0.25) is 9.79 Å². The van der Waals surface area contributed by atoms with Crippen molar-refractivity contribution in [2.24, 2.45) is 4.99 Å². The summed E-state index contributed by atoms with van der Waals surface area (Å²) in [6, 6.07) is 0. The molecule has 1 saturated heterocycles. The summed E-state index contributed by atoms with van der Waals surface area (Å²) < 4.78 is 28.3. The van der Waals surface area contributed by atoms with Crippen LogP contribution in [0.4, 0.5) is 0 Å². The molecule has 0 spiro atoms. The Hall–Kier alpha value is -1.31. The summed E-state index contributed by atoms with van der Waals surface area (Å²) in [6.45, 7) is 9.71.